The molecule has 160 valence electrons. The van der Waals surface area contributed by atoms with E-state index in [4.69, 9.17) is 0 Å². The van der Waals surface area contributed by atoms with Gasteiger partial charge in [0.2, 0.25) is 0 Å². The molecule has 0 aromatic carbocycles. The minimum atomic E-state index is 0. The van der Waals surface area contributed by atoms with Crippen molar-refractivity contribution in [3.8, 4) is 0 Å². The van der Waals surface area contributed by atoms with Gasteiger partial charge in [0.25, 0.3) is 0 Å². The molecule has 1 N–H and O–H groups in total. The highest BCUT2D eigenvalue weighted by molar-refractivity contribution is 14.0. The van der Waals surface area contributed by atoms with Crippen molar-refractivity contribution in [1.29, 1.82) is 0 Å². The Labute approximate surface area is 192 Å². The van der Waals surface area contributed by atoms with Gasteiger partial charge in [-0.05, 0) is 43.4 Å². The molecule has 28 heavy (non-hydrogen) atoms. The zero-order valence-corrected chi connectivity index (χ0v) is 20.6. The van der Waals surface area contributed by atoms with Crippen molar-refractivity contribution in [2.45, 2.75) is 19.8 Å². The molecular weight excluding hydrogens is 483 g/mol. The van der Waals surface area contributed by atoms with Gasteiger partial charge in [-0.1, -0.05) is 6.92 Å². The van der Waals surface area contributed by atoms with Crippen molar-refractivity contribution in [2.24, 2.45) is 4.99 Å². The number of guanidine groups is 1. The van der Waals surface area contributed by atoms with E-state index in [1.807, 2.05) is 18.4 Å². The molecule has 6 nitrogen and oxygen atoms in total. The van der Waals surface area contributed by atoms with Crippen LogP contribution in [0.15, 0.2) is 22.5 Å². The number of likely N-dealkylation sites (N-methyl/N-ethyl adjacent to an activating group) is 1. The van der Waals surface area contributed by atoms with Gasteiger partial charge in [-0.3, -0.25) is 4.99 Å². The summed E-state index contributed by atoms with van der Waals surface area (Å²) in [5.74, 6) is 1.07. The first-order chi connectivity index (χ1) is 13.3. The Bertz CT molecular complexity index is 551. The molecule has 0 spiro atoms. The lowest BCUT2D eigenvalue weighted by Crippen LogP contribution is -2.52. The van der Waals surface area contributed by atoms with Crippen LogP contribution in [0.4, 0.5) is 5.00 Å². The molecule has 3 heterocycles. The molecule has 8 heteroatoms. The van der Waals surface area contributed by atoms with Crippen molar-refractivity contribution in [1.82, 2.24) is 20.0 Å². The van der Waals surface area contributed by atoms with Gasteiger partial charge in [0.05, 0.1) is 5.00 Å². The Morgan fingerprint density at radius 2 is 1.75 bits per heavy atom. The lowest BCUT2D eigenvalue weighted by molar-refractivity contribution is 0.136. The van der Waals surface area contributed by atoms with E-state index >= 15 is 0 Å². The second-order valence-electron chi connectivity index (χ2n) is 7.38. The van der Waals surface area contributed by atoms with Crippen LogP contribution in [0.1, 0.15) is 19.8 Å². The molecule has 0 aliphatic carbocycles. The number of hydrogen-bond acceptors (Lipinski definition) is 5. The average Bonchev–Trinajstić information content (AvgIpc) is 3.26. The van der Waals surface area contributed by atoms with Crippen molar-refractivity contribution in [2.75, 3.05) is 83.9 Å². The number of nitrogens with zero attached hydrogens (tertiary/aromatic N) is 5. The number of aliphatic imine (C=N–C) groups is 1. The maximum absolute atomic E-state index is 4.50. The zero-order chi connectivity index (χ0) is 18.9. The number of piperazine rings is 2. The standard InChI is InChI=1S/C20H36N6S.HI/c1-3-23-10-12-24(13-11-23)9-5-4-8-22-20(21-2)26-16-14-25(15-17-26)19-7-6-18-27-19;/h6-7,18H,3-5,8-17H2,1-2H3,(H,21,22);1H. The largest absolute Gasteiger partial charge is 0.360 e. The third kappa shape index (κ3) is 7.03. The van der Waals surface area contributed by atoms with Gasteiger partial charge in [0.15, 0.2) is 5.96 Å². The molecule has 1 aromatic rings. The second-order valence-corrected chi connectivity index (χ2v) is 8.31. The highest BCUT2D eigenvalue weighted by atomic mass is 127. The van der Waals surface area contributed by atoms with Crippen LogP contribution in [-0.4, -0.2) is 99.7 Å². The van der Waals surface area contributed by atoms with Gasteiger partial charge in [-0.15, -0.1) is 35.3 Å². The summed E-state index contributed by atoms with van der Waals surface area (Å²) in [6, 6.07) is 4.35. The average molecular weight is 521 g/mol. The zero-order valence-electron chi connectivity index (χ0n) is 17.5. The molecule has 2 aliphatic rings. The van der Waals surface area contributed by atoms with Gasteiger partial charge in [0.1, 0.15) is 0 Å². The van der Waals surface area contributed by atoms with Crippen molar-refractivity contribution in [3.63, 3.8) is 0 Å². The third-order valence-electron chi connectivity index (χ3n) is 5.71. The summed E-state index contributed by atoms with van der Waals surface area (Å²) < 4.78 is 0. The number of hydrogen-bond donors (Lipinski definition) is 1. The van der Waals surface area contributed by atoms with E-state index in [1.54, 1.807) is 0 Å². The third-order valence-corrected chi connectivity index (χ3v) is 6.63. The van der Waals surface area contributed by atoms with Gasteiger partial charge >= 0.3 is 0 Å². The molecule has 1 aromatic heterocycles. The summed E-state index contributed by atoms with van der Waals surface area (Å²) in [5.41, 5.74) is 0. The number of halogens is 1. The highest BCUT2D eigenvalue weighted by Gasteiger charge is 2.20. The van der Waals surface area contributed by atoms with Gasteiger partial charge in [-0.25, -0.2) is 0 Å². The fourth-order valence-corrected chi connectivity index (χ4v) is 4.70. The van der Waals surface area contributed by atoms with Crippen LogP contribution in [0.3, 0.4) is 0 Å². The molecule has 0 amide bonds. The van der Waals surface area contributed by atoms with E-state index in [2.05, 4.69) is 54.3 Å². The molecule has 0 atom stereocenters. The highest BCUT2D eigenvalue weighted by Crippen LogP contribution is 2.22. The molecule has 0 radical (unpaired) electrons. The lowest BCUT2D eigenvalue weighted by Gasteiger charge is -2.37. The Balaban J connectivity index is 0.00000280. The van der Waals surface area contributed by atoms with Crippen molar-refractivity contribution in [3.05, 3.63) is 17.5 Å². The van der Waals surface area contributed by atoms with Crippen LogP contribution in [0, 0.1) is 0 Å². The normalized spacial score (nSPS) is 19.6. The Kier molecular flexibility index (Phi) is 10.9. The van der Waals surface area contributed by atoms with Crippen molar-refractivity contribution >= 4 is 46.3 Å². The van der Waals surface area contributed by atoms with Crippen molar-refractivity contribution < 1.29 is 0 Å². The van der Waals surface area contributed by atoms with Crippen LogP contribution in [-0.2, 0) is 0 Å². The Morgan fingerprint density at radius 1 is 1.04 bits per heavy atom. The maximum Gasteiger partial charge on any atom is 0.193 e. The van der Waals surface area contributed by atoms with Gasteiger partial charge < -0.3 is 24.9 Å². The maximum atomic E-state index is 4.50. The fraction of sp³-hybridized carbons (Fsp3) is 0.750. The molecule has 0 saturated carbocycles. The summed E-state index contributed by atoms with van der Waals surface area (Å²) in [4.78, 5) is 14.5. The molecule has 3 rings (SSSR count). The topological polar surface area (TPSA) is 37.4 Å². The number of thiophene rings is 1. The fourth-order valence-electron chi connectivity index (χ4n) is 3.91. The number of nitrogens with one attached hydrogen (secondary N) is 1. The van der Waals surface area contributed by atoms with Crippen LogP contribution in [0.5, 0.6) is 0 Å². The minimum absolute atomic E-state index is 0. The molecule has 2 saturated heterocycles. The van der Waals surface area contributed by atoms with Crippen LogP contribution >= 0.6 is 35.3 Å². The van der Waals surface area contributed by atoms with E-state index in [-0.39, 0.29) is 24.0 Å². The summed E-state index contributed by atoms with van der Waals surface area (Å²) >= 11 is 1.83. The van der Waals surface area contributed by atoms with Crippen LogP contribution in [0.2, 0.25) is 0 Å². The first-order valence-electron chi connectivity index (χ1n) is 10.5. The molecule has 0 bridgehead atoms. The minimum Gasteiger partial charge on any atom is -0.360 e. The molecule has 2 fully saturated rings. The van der Waals surface area contributed by atoms with Crippen LogP contribution in [0.25, 0.3) is 0 Å². The molecule has 0 unspecified atom stereocenters. The predicted octanol–water partition coefficient (Wildman–Crippen LogP) is 2.48. The van der Waals surface area contributed by atoms with Gasteiger partial charge in [-0.2, -0.15) is 0 Å². The van der Waals surface area contributed by atoms with E-state index in [0.29, 0.717) is 0 Å². The first kappa shape index (κ1) is 23.7. The summed E-state index contributed by atoms with van der Waals surface area (Å²) in [5, 5.41) is 7.12. The number of rotatable bonds is 7. The second kappa shape index (κ2) is 12.9. The van der Waals surface area contributed by atoms with E-state index < -0.39 is 0 Å². The summed E-state index contributed by atoms with van der Waals surface area (Å²) in [7, 11) is 1.90. The number of anilines is 1. The smallest absolute Gasteiger partial charge is 0.193 e. The SMILES string of the molecule is CCN1CCN(CCCCNC(=NC)N2CCN(c3cccs3)CC2)CC1.I. The summed E-state index contributed by atoms with van der Waals surface area (Å²) in [6.07, 6.45) is 2.48. The van der Waals surface area contributed by atoms with E-state index in [9.17, 15) is 0 Å². The number of unbranched alkanes of at least 4 members (excludes halogenated alkanes) is 1. The molecular formula is C20H37IN6S. The van der Waals surface area contributed by atoms with Crippen LogP contribution < -0.4 is 10.2 Å². The van der Waals surface area contributed by atoms with E-state index in [1.165, 1.54) is 57.1 Å². The lowest BCUT2D eigenvalue weighted by atomic mass is 10.2. The quantitative estimate of drug-likeness (QED) is 0.259. The predicted molar refractivity (Wildman–Crippen MR) is 133 cm³/mol. The van der Waals surface area contributed by atoms with Gasteiger partial charge in [0, 0.05) is 66.0 Å². The summed E-state index contributed by atoms with van der Waals surface area (Å²) in [6.45, 7) is 14.9. The monoisotopic (exact) mass is 520 g/mol. The Morgan fingerprint density at radius 3 is 2.36 bits per heavy atom. The molecule has 2 aliphatic heterocycles. The Hall–Kier alpha value is -0.580. The van der Waals surface area contributed by atoms with E-state index in [0.717, 1.165) is 38.7 Å². The first-order valence-corrected chi connectivity index (χ1v) is 11.4.